The molecular formula is C30H43N5O3. The van der Waals surface area contributed by atoms with E-state index >= 15 is 0 Å². The maximum Gasteiger partial charge on any atom is 0.206 e. The van der Waals surface area contributed by atoms with Gasteiger partial charge in [-0.05, 0) is 68.6 Å². The lowest BCUT2D eigenvalue weighted by Gasteiger charge is -2.25. The number of anilines is 1. The number of likely N-dealkylation sites (tertiary alicyclic amines) is 1. The number of hydrogen-bond acceptors (Lipinski definition) is 7. The van der Waals surface area contributed by atoms with Crippen LogP contribution in [-0.4, -0.2) is 99.1 Å². The first-order valence-electron chi connectivity index (χ1n) is 14.1. The molecule has 1 aromatic heterocycles. The molecule has 2 aliphatic rings. The Bertz CT molecular complexity index is 1180. The fraction of sp³-hybridized carbons (Fsp3) is 0.567. The Morgan fingerprint density at radius 3 is 2.55 bits per heavy atom. The molecule has 2 saturated heterocycles. The van der Waals surface area contributed by atoms with Gasteiger partial charge in [0.2, 0.25) is 5.95 Å². The molecule has 38 heavy (non-hydrogen) atoms. The number of benzene rings is 2. The van der Waals surface area contributed by atoms with E-state index in [1.807, 2.05) is 6.07 Å². The molecule has 0 amide bonds. The standard InChI is InChI=1S/C30H43N5O3/c1-4-38-21-20-35-27-9-6-5-8-26(27)31-30(35)34-14-7-13-32(18-19-34)16-17-33-15-12-25(23-33)24-10-11-28(36-2)29(22-24)37-3/h5-6,8-11,22,25H,4,7,12-21,23H2,1-3H3. The summed E-state index contributed by atoms with van der Waals surface area (Å²) in [6.07, 6.45) is 2.35. The van der Waals surface area contributed by atoms with E-state index in [0.717, 1.165) is 94.9 Å². The van der Waals surface area contributed by atoms with Crippen LogP contribution in [0.15, 0.2) is 42.5 Å². The molecule has 0 spiro atoms. The number of nitrogens with zero attached hydrogens (tertiary/aromatic N) is 5. The first kappa shape index (κ1) is 26.8. The van der Waals surface area contributed by atoms with Crippen molar-refractivity contribution in [2.24, 2.45) is 0 Å². The molecule has 8 nitrogen and oxygen atoms in total. The third-order valence-corrected chi connectivity index (χ3v) is 8.05. The monoisotopic (exact) mass is 521 g/mol. The molecule has 0 radical (unpaired) electrons. The van der Waals surface area contributed by atoms with Gasteiger partial charge in [-0.3, -0.25) is 0 Å². The zero-order valence-electron chi connectivity index (χ0n) is 23.3. The van der Waals surface area contributed by atoms with Crippen LogP contribution in [0.5, 0.6) is 11.5 Å². The van der Waals surface area contributed by atoms with Gasteiger partial charge in [-0.15, -0.1) is 0 Å². The molecule has 0 saturated carbocycles. The minimum Gasteiger partial charge on any atom is -0.493 e. The van der Waals surface area contributed by atoms with Crippen molar-refractivity contribution in [3.8, 4) is 11.5 Å². The van der Waals surface area contributed by atoms with Gasteiger partial charge in [0.05, 0.1) is 31.9 Å². The van der Waals surface area contributed by atoms with Crippen LogP contribution in [0.2, 0.25) is 0 Å². The number of fused-ring (bicyclic) bond motifs is 1. The highest BCUT2D eigenvalue weighted by Gasteiger charge is 2.26. The molecule has 3 aromatic rings. The molecule has 0 aliphatic carbocycles. The van der Waals surface area contributed by atoms with Crippen LogP contribution in [0.3, 0.4) is 0 Å². The van der Waals surface area contributed by atoms with E-state index in [9.17, 15) is 0 Å². The summed E-state index contributed by atoms with van der Waals surface area (Å²) < 4.78 is 19.0. The zero-order valence-corrected chi connectivity index (χ0v) is 23.3. The highest BCUT2D eigenvalue weighted by molar-refractivity contribution is 5.78. The summed E-state index contributed by atoms with van der Waals surface area (Å²) in [5.74, 6) is 3.26. The molecule has 2 fully saturated rings. The summed E-state index contributed by atoms with van der Waals surface area (Å²) in [6.45, 7) is 13.1. The van der Waals surface area contributed by atoms with Gasteiger partial charge in [-0.1, -0.05) is 18.2 Å². The average molecular weight is 522 g/mol. The van der Waals surface area contributed by atoms with E-state index in [-0.39, 0.29) is 0 Å². The lowest BCUT2D eigenvalue weighted by atomic mass is 9.98. The van der Waals surface area contributed by atoms with Gasteiger partial charge in [0.25, 0.3) is 0 Å². The summed E-state index contributed by atoms with van der Waals surface area (Å²) >= 11 is 0. The van der Waals surface area contributed by atoms with Crippen molar-refractivity contribution in [1.82, 2.24) is 19.4 Å². The largest absolute Gasteiger partial charge is 0.493 e. The lowest BCUT2D eigenvalue weighted by molar-refractivity contribution is 0.140. The van der Waals surface area contributed by atoms with Crippen LogP contribution in [0, 0.1) is 0 Å². The quantitative estimate of drug-likeness (QED) is 0.352. The van der Waals surface area contributed by atoms with Gasteiger partial charge in [0.15, 0.2) is 11.5 Å². The van der Waals surface area contributed by atoms with Crippen molar-refractivity contribution in [2.45, 2.75) is 32.2 Å². The van der Waals surface area contributed by atoms with Crippen molar-refractivity contribution >= 4 is 17.0 Å². The van der Waals surface area contributed by atoms with E-state index in [1.165, 1.54) is 17.5 Å². The molecule has 3 heterocycles. The molecule has 1 atom stereocenters. The van der Waals surface area contributed by atoms with Crippen molar-refractivity contribution in [3.63, 3.8) is 0 Å². The zero-order chi connectivity index (χ0) is 26.3. The van der Waals surface area contributed by atoms with Crippen LogP contribution < -0.4 is 14.4 Å². The van der Waals surface area contributed by atoms with Crippen LogP contribution in [0.4, 0.5) is 5.95 Å². The Labute approximate surface area is 227 Å². The van der Waals surface area contributed by atoms with Gasteiger partial charge in [0.1, 0.15) is 0 Å². The minimum absolute atomic E-state index is 0.555. The van der Waals surface area contributed by atoms with Crippen LogP contribution in [0.1, 0.15) is 31.2 Å². The number of methoxy groups -OCH3 is 2. The van der Waals surface area contributed by atoms with Gasteiger partial charge in [0, 0.05) is 52.4 Å². The summed E-state index contributed by atoms with van der Waals surface area (Å²) in [5.41, 5.74) is 3.61. The van der Waals surface area contributed by atoms with Crippen LogP contribution in [0.25, 0.3) is 11.0 Å². The predicted octanol–water partition coefficient (Wildman–Crippen LogP) is 4.09. The maximum absolute atomic E-state index is 5.69. The molecule has 2 aromatic carbocycles. The average Bonchev–Trinajstić information content (AvgIpc) is 3.50. The molecule has 1 unspecified atom stereocenters. The fourth-order valence-corrected chi connectivity index (χ4v) is 5.92. The Balaban J connectivity index is 1.15. The summed E-state index contributed by atoms with van der Waals surface area (Å²) in [5, 5.41) is 0. The molecular weight excluding hydrogens is 478 g/mol. The minimum atomic E-state index is 0.555. The summed E-state index contributed by atoms with van der Waals surface area (Å²) in [7, 11) is 3.40. The van der Waals surface area contributed by atoms with Crippen molar-refractivity contribution in [2.75, 3.05) is 84.7 Å². The normalized spacial score (nSPS) is 19.2. The van der Waals surface area contributed by atoms with Crippen molar-refractivity contribution in [1.29, 1.82) is 0 Å². The van der Waals surface area contributed by atoms with E-state index < -0.39 is 0 Å². The van der Waals surface area contributed by atoms with Gasteiger partial charge in [-0.2, -0.15) is 0 Å². The Morgan fingerprint density at radius 1 is 0.868 bits per heavy atom. The Kier molecular flexibility index (Phi) is 9.04. The van der Waals surface area contributed by atoms with E-state index in [4.69, 9.17) is 19.2 Å². The lowest BCUT2D eigenvalue weighted by Crippen LogP contribution is -2.37. The second-order valence-electron chi connectivity index (χ2n) is 10.3. The number of ether oxygens (including phenoxy) is 3. The number of aromatic nitrogens is 2. The third kappa shape index (κ3) is 6.08. The predicted molar refractivity (Wildman–Crippen MR) is 153 cm³/mol. The van der Waals surface area contributed by atoms with Gasteiger partial charge >= 0.3 is 0 Å². The number of imidazole rings is 1. The fourth-order valence-electron chi connectivity index (χ4n) is 5.92. The molecule has 0 N–H and O–H groups in total. The number of rotatable bonds is 11. The second-order valence-corrected chi connectivity index (χ2v) is 10.3. The Hall–Kier alpha value is -2.81. The SMILES string of the molecule is CCOCCn1c(N2CCCN(CCN3CCC(c4ccc(OC)c(OC)c4)C3)CC2)nc2ccccc21. The molecule has 2 aliphatic heterocycles. The molecule has 0 bridgehead atoms. The van der Waals surface area contributed by atoms with E-state index in [1.54, 1.807) is 14.2 Å². The highest BCUT2D eigenvalue weighted by Crippen LogP contribution is 2.34. The molecule has 5 rings (SSSR count). The smallest absolute Gasteiger partial charge is 0.206 e. The second kappa shape index (κ2) is 12.8. The van der Waals surface area contributed by atoms with Crippen molar-refractivity contribution < 1.29 is 14.2 Å². The topological polar surface area (TPSA) is 55.2 Å². The third-order valence-electron chi connectivity index (χ3n) is 8.05. The van der Waals surface area contributed by atoms with E-state index in [0.29, 0.717) is 12.5 Å². The highest BCUT2D eigenvalue weighted by atomic mass is 16.5. The van der Waals surface area contributed by atoms with Crippen LogP contribution in [-0.2, 0) is 11.3 Å². The van der Waals surface area contributed by atoms with Crippen LogP contribution >= 0.6 is 0 Å². The first-order chi connectivity index (χ1) is 18.7. The summed E-state index contributed by atoms with van der Waals surface area (Å²) in [4.78, 5) is 12.8. The van der Waals surface area contributed by atoms with Gasteiger partial charge in [-0.25, -0.2) is 4.98 Å². The van der Waals surface area contributed by atoms with Crippen molar-refractivity contribution in [3.05, 3.63) is 48.0 Å². The van der Waals surface area contributed by atoms with E-state index in [2.05, 4.69) is 62.6 Å². The number of para-hydroxylation sites is 2. The Morgan fingerprint density at radius 2 is 1.71 bits per heavy atom. The number of hydrogen-bond donors (Lipinski definition) is 0. The first-order valence-corrected chi connectivity index (χ1v) is 14.1. The molecule has 206 valence electrons. The van der Waals surface area contributed by atoms with Gasteiger partial charge < -0.3 is 33.5 Å². The molecule has 8 heteroatoms. The summed E-state index contributed by atoms with van der Waals surface area (Å²) in [6, 6.07) is 14.8. The maximum atomic E-state index is 5.69.